The Hall–Kier alpha value is -2.08. The van der Waals surface area contributed by atoms with Crippen molar-refractivity contribution >= 4 is 12.0 Å². The average Bonchev–Trinajstić information content (AvgIpc) is 2.24. The number of carboxylic acids is 1. The van der Waals surface area contributed by atoms with Gasteiger partial charge in [0, 0.05) is 12.5 Å². The molecule has 1 rings (SSSR count). The molecule has 0 aromatic heterocycles. The molecule has 0 saturated heterocycles. The minimum atomic E-state index is -0.798. The Bertz CT molecular complexity index is 416. The molecule has 0 bridgehead atoms. The lowest BCUT2D eigenvalue weighted by molar-refractivity contribution is -0.136. The first-order chi connectivity index (χ1) is 7.22. The van der Waals surface area contributed by atoms with Gasteiger partial charge in [-0.3, -0.25) is 4.79 Å². The summed E-state index contributed by atoms with van der Waals surface area (Å²) in [7, 11) is 0. The number of carboxylic acid groups (broad SMARTS) is 1. The molecule has 15 heavy (non-hydrogen) atoms. The summed E-state index contributed by atoms with van der Waals surface area (Å²) in [4.78, 5) is 10.4. The van der Waals surface area contributed by atoms with Crippen LogP contribution in [0.5, 0.6) is 0 Å². The number of nitriles is 1. The van der Waals surface area contributed by atoms with Gasteiger partial charge in [0.05, 0.1) is 6.07 Å². The van der Waals surface area contributed by atoms with E-state index >= 15 is 0 Å². The van der Waals surface area contributed by atoms with Crippen LogP contribution in [0.1, 0.15) is 17.5 Å². The molecule has 76 valence electrons. The molecule has 0 aliphatic carbocycles. The molecule has 0 saturated carbocycles. The van der Waals surface area contributed by atoms with E-state index in [1.807, 2.05) is 30.3 Å². The van der Waals surface area contributed by atoms with Gasteiger partial charge in [0.1, 0.15) is 0 Å². The van der Waals surface area contributed by atoms with Gasteiger partial charge in [-0.15, -0.1) is 0 Å². The van der Waals surface area contributed by atoms with Gasteiger partial charge in [-0.05, 0) is 23.6 Å². The molecule has 1 aromatic rings. The number of benzene rings is 1. The molecule has 0 radical (unpaired) electrons. The smallest absolute Gasteiger partial charge is 0.303 e. The first-order valence-corrected chi connectivity index (χ1v) is 4.59. The number of aliphatic carboxylic acids is 1. The fraction of sp³-hybridized carbons (Fsp3) is 0.167. The standard InChI is InChI=1S/C12H11NO2/c13-8-2-5-10-3-1-4-11(9-10)6-7-12(14)15/h1-5,9H,6-7H2,(H,14,15). The molecule has 0 aliphatic rings. The number of hydrogen-bond acceptors (Lipinski definition) is 2. The van der Waals surface area contributed by atoms with Crippen LogP contribution in [0.15, 0.2) is 30.3 Å². The molecule has 0 amide bonds. The van der Waals surface area contributed by atoms with E-state index < -0.39 is 5.97 Å². The third-order valence-corrected chi connectivity index (χ3v) is 1.93. The highest BCUT2D eigenvalue weighted by atomic mass is 16.4. The minimum absolute atomic E-state index is 0.130. The number of rotatable bonds is 4. The Kier molecular flexibility index (Phi) is 4.11. The van der Waals surface area contributed by atoms with Crippen molar-refractivity contribution in [3.05, 3.63) is 41.5 Å². The summed E-state index contributed by atoms with van der Waals surface area (Å²) in [6, 6.07) is 9.41. The van der Waals surface area contributed by atoms with Gasteiger partial charge in [0.15, 0.2) is 0 Å². The van der Waals surface area contributed by atoms with Crippen LogP contribution in [0.4, 0.5) is 0 Å². The average molecular weight is 201 g/mol. The molecule has 0 unspecified atom stereocenters. The van der Waals surface area contributed by atoms with Crippen molar-refractivity contribution in [2.24, 2.45) is 0 Å². The lowest BCUT2D eigenvalue weighted by atomic mass is 10.1. The second kappa shape index (κ2) is 5.61. The number of nitrogens with zero attached hydrogens (tertiary/aromatic N) is 1. The highest BCUT2D eigenvalue weighted by molar-refractivity contribution is 5.67. The zero-order valence-corrected chi connectivity index (χ0v) is 8.18. The Morgan fingerprint density at radius 2 is 2.33 bits per heavy atom. The van der Waals surface area contributed by atoms with Crippen molar-refractivity contribution < 1.29 is 9.90 Å². The zero-order valence-electron chi connectivity index (χ0n) is 8.18. The van der Waals surface area contributed by atoms with Crippen LogP contribution in [0.3, 0.4) is 0 Å². The normalized spacial score (nSPS) is 10.1. The molecular formula is C12H11NO2. The predicted molar refractivity (Wildman–Crippen MR) is 57.0 cm³/mol. The first-order valence-electron chi connectivity index (χ1n) is 4.59. The van der Waals surface area contributed by atoms with Crippen LogP contribution in [-0.4, -0.2) is 11.1 Å². The first kappa shape index (κ1) is 11.0. The Morgan fingerprint density at radius 1 is 1.53 bits per heavy atom. The van der Waals surface area contributed by atoms with Crippen LogP contribution in [0.2, 0.25) is 0 Å². The summed E-state index contributed by atoms with van der Waals surface area (Å²) in [6.07, 6.45) is 3.75. The second-order valence-electron chi connectivity index (χ2n) is 3.10. The topological polar surface area (TPSA) is 61.1 Å². The second-order valence-corrected chi connectivity index (χ2v) is 3.10. The number of carbonyl (C=O) groups is 1. The van der Waals surface area contributed by atoms with Gasteiger partial charge in [0.2, 0.25) is 0 Å². The Balaban J connectivity index is 2.70. The highest BCUT2D eigenvalue weighted by Gasteiger charge is 1.98. The van der Waals surface area contributed by atoms with Crippen molar-refractivity contribution in [3.8, 4) is 6.07 Å². The van der Waals surface area contributed by atoms with E-state index in [4.69, 9.17) is 10.4 Å². The fourth-order valence-electron chi connectivity index (χ4n) is 1.24. The summed E-state index contributed by atoms with van der Waals surface area (Å²) >= 11 is 0. The lowest BCUT2D eigenvalue weighted by Crippen LogP contribution is -1.97. The SMILES string of the molecule is N#CC=Cc1cccc(CCC(=O)O)c1. The molecule has 0 heterocycles. The van der Waals surface area contributed by atoms with Crippen LogP contribution in [-0.2, 0) is 11.2 Å². The lowest BCUT2D eigenvalue weighted by Gasteiger charge is -1.99. The third kappa shape index (κ3) is 4.10. The van der Waals surface area contributed by atoms with Crippen molar-refractivity contribution in [3.63, 3.8) is 0 Å². The molecule has 0 aliphatic heterocycles. The number of aryl methyl sites for hydroxylation is 1. The quantitative estimate of drug-likeness (QED) is 0.760. The molecule has 0 fully saturated rings. The van der Waals surface area contributed by atoms with Gasteiger partial charge in [-0.2, -0.15) is 5.26 Å². The van der Waals surface area contributed by atoms with Crippen LogP contribution in [0.25, 0.3) is 6.08 Å². The molecule has 3 nitrogen and oxygen atoms in total. The van der Waals surface area contributed by atoms with Crippen molar-refractivity contribution in [2.75, 3.05) is 0 Å². The number of hydrogen-bond donors (Lipinski definition) is 1. The molecule has 3 heteroatoms. The summed E-state index contributed by atoms with van der Waals surface area (Å²) in [5.74, 6) is -0.798. The summed E-state index contributed by atoms with van der Waals surface area (Å²) in [5.41, 5.74) is 1.89. The van der Waals surface area contributed by atoms with E-state index in [9.17, 15) is 4.79 Å². The van der Waals surface area contributed by atoms with Crippen molar-refractivity contribution in [2.45, 2.75) is 12.8 Å². The fourth-order valence-corrected chi connectivity index (χ4v) is 1.24. The largest absolute Gasteiger partial charge is 0.481 e. The summed E-state index contributed by atoms with van der Waals surface area (Å²) < 4.78 is 0. The molecule has 1 N–H and O–H groups in total. The van der Waals surface area contributed by atoms with Gasteiger partial charge in [-0.25, -0.2) is 0 Å². The van der Waals surface area contributed by atoms with Crippen LogP contribution < -0.4 is 0 Å². The highest BCUT2D eigenvalue weighted by Crippen LogP contribution is 2.09. The third-order valence-electron chi connectivity index (χ3n) is 1.93. The maximum absolute atomic E-state index is 10.4. The minimum Gasteiger partial charge on any atom is -0.481 e. The maximum atomic E-state index is 10.4. The van der Waals surface area contributed by atoms with E-state index in [0.29, 0.717) is 6.42 Å². The van der Waals surface area contributed by atoms with Crippen molar-refractivity contribution in [1.82, 2.24) is 0 Å². The van der Waals surface area contributed by atoms with Crippen molar-refractivity contribution in [1.29, 1.82) is 5.26 Å². The van der Waals surface area contributed by atoms with Gasteiger partial charge in [0.25, 0.3) is 0 Å². The molecular weight excluding hydrogens is 190 g/mol. The van der Waals surface area contributed by atoms with E-state index in [-0.39, 0.29) is 6.42 Å². The molecule has 0 atom stereocenters. The van der Waals surface area contributed by atoms with Crippen LogP contribution >= 0.6 is 0 Å². The summed E-state index contributed by atoms with van der Waals surface area (Å²) in [6.45, 7) is 0. The van der Waals surface area contributed by atoms with E-state index in [2.05, 4.69) is 0 Å². The van der Waals surface area contributed by atoms with Gasteiger partial charge >= 0.3 is 5.97 Å². The van der Waals surface area contributed by atoms with E-state index in [1.54, 1.807) is 6.08 Å². The number of allylic oxidation sites excluding steroid dienone is 1. The summed E-state index contributed by atoms with van der Waals surface area (Å²) in [5, 5.41) is 16.9. The maximum Gasteiger partial charge on any atom is 0.303 e. The zero-order chi connectivity index (χ0) is 11.1. The Morgan fingerprint density at radius 3 is 3.00 bits per heavy atom. The van der Waals surface area contributed by atoms with E-state index in [0.717, 1.165) is 11.1 Å². The predicted octanol–water partition coefficient (Wildman–Crippen LogP) is 2.24. The molecule has 0 spiro atoms. The van der Waals surface area contributed by atoms with Gasteiger partial charge in [-0.1, -0.05) is 24.3 Å². The van der Waals surface area contributed by atoms with Crippen LogP contribution in [0, 0.1) is 11.3 Å². The van der Waals surface area contributed by atoms with E-state index in [1.165, 1.54) is 6.08 Å². The van der Waals surface area contributed by atoms with Gasteiger partial charge < -0.3 is 5.11 Å². The monoisotopic (exact) mass is 201 g/mol. The molecule has 1 aromatic carbocycles. The Labute approximate surface area is 88.3 Å².